The first-order valence-corrected chi connectivity index (χ1v) is 8.02. The van der Waals surface area contributed by atoms with Gasteiger partial charge < -0.3 is 5.32 Å². The molecule has 21 heavy (non-hydrogen) atoms. The largest absolute Gasteiger partial charge is 0.349 e. The van der Waals surface area contributed by atoms with Gasteiger partial charge >= 0.3 is 0 Å². The molecule has 0 aromatic heterocycles. The summed E-state index contributed by atoms with van der Waals surface area (Å²) in [5, 5.41) is 3.11. The summed E-state index contributed by atoms with van der Waals surface area (Å²) in [6.45, 7) is 4.05. The number of rotatable bonds is 5. The highest BCUT2D eigenvalue weighted by atomic mass is 79.9. The molecule has 0 radical (unpaired) electrons. The third-order valence-corrected chi connectivity index (χ3v) is 4.13. The van der Waals surface area contributed by atoms with Gasteiger partial charge in [-0.05, 0) is 36.6 Å². The van der Waals surface area contributed by atoms with Gasteiger partial charge in [-0.2, -0.15) is 0 Å². The van der Waals surface area contributed by atoms with Crippen molar-refractivity contribution in [3.63, 3.8) is 0 Å². The Labute approximate surface area is 134 Å². The summed E-state index contributed by atoms with van der Waals surface area (Å²) >= 11 is 3.46. The third-order valence-electron chi connectivity index (χ3n) is 3.63. The third kappa shape index (κ3) is 4.18. The van der Waals surface area contributed by atoms with Crippen LogP contribution in [0.4, 0.5) is 0 Å². The first-order valence-electron chi connectivity index (χ1n) is 7.22. The predicted octanol–water partition coefficient (Wildman–Crippen LogP) is 4.82. The maximum atomic E-state index is 12.5. The topological polar surface area (TPSA) is 29.1 Å². The van der Waals surface area contributed by atoms with Crippen LogP contribution in [0.2, 0.25) is 0 Å². The Balaban J connectivity index is 2.09. The summed E-state index contributed by atoms with van der Waals surface area (Å²) in [6.07, 6.45) is 0.793. The van der Waals surface area contributed by atoms with Gasteiger partial charge in [0.1, 0.15) is 0 Å². The van der Waals surface area contributed by atoms with Crippen LogP contribution >= 0.6 is 15.9 Å². The smallest absolute Gasteiger partial charge is 0.228 e. The van der Waals surface area contributed by atoms with Gasteiger partial charge in [0.25, 0.3) is 0 Å². The Bertz CT molecular complexity index is 597. The quantitative estimate of drug-likeness (QED) is 0.826. The van der Waals surface area contributed by atoms with Crippen LogP contribution in [0.3, 0.4) is 0 Å². The molecule has 2 aromatic carbocycles. The van der Waals surface area contributed by atoms with Gasteiger partial charge in [0.15, 0.2) is 0 Å². The van der Waals surface area contributed by atoms with Crippen LogP contribution in [0.15, 0.2) is 59.1 Å². The lowest BCUT2D eigenvalue weighted by Gasteiger charge is -2.20. The SMILES string of the molecule is CC[C@H](C(=O)N[C@H](C)c1cccc(Br)c1)c1ccccc1. The second kappa shape index (κ2) is 7.41. The van der Waals surface area contributed by atoms with E-state index in [0.717, 1.165) is 22.0 Å². The van der Waals surface area contributed by atoms with Gasteiger partial charge in [0.2, 0.25) is 5.91 Å². The number of amides is 1. The molecule has 2 rings (SSSR count). The van der Waals surface area contributed by atoms with E-state index in [1.54, 1.807) is 0 Å². The minimum absolute atomic E-state index is 0.00670. The summed E-state index contributed by atoms with van der Waals surface area (Å²) in [6, 6.07) is 18.0. The standard InChI is InChI=1S/C18H20BrNO/c1-3-17(14-8-5-4-6-9-14)18(21)20-13(2)15-10-7-11-16(19)12-15/h4-13,17H,3H2,1-2H3,(H,20,21)/t13-,17+/m1/s1. The molecule has 0 aliphatic carbocycles. The summed E-state index contributed by atoms with van der Waals surface area (Å²) in [5.74, 6) is -0.0167. The fourth-order valence-corrected chi connectivity index (χ4v) is 2.85. The average molecular weight is 346 g/mol. The number of carbonyl (C=O) groups excluding carboxylic acids is 1. The van der Waals surface area contributed by atoms with E-state index in [-0.39, 0.29) is 17.9 Å². The van der Waals surface area contributed by atoms with E-state index in [9.17, 15) is 4.79 Å². The van der Waals surface area contributed by atoms with E-state index in [1.165, 1.54) is 0 Å². The first kappa shape index (κ1) is 15.8. The number of carbonyl (C=O) groups is 1. The number of hydrogen-bond donors (Lipinski definition) is 1. The van der Waals surface area contributed by atoms with E-state index >= 15 is 0 Å². The molecule has 0 aliphatic rings. The Kier molecular flexibility index (Phi) is 5.57. The summed E-state index contributed by atoms with van der Waals surface area (Å²) < 4.78 is 1.02. The van der Waals surface area contributed by atoms with Gasteiger partial charge in [0, 0.05) is 4.47 Å². The Morgan fingerprint density at radius 1 is 1.10 bits per heavy atom. The van der Waals surface area contributed by atoms with E-state index in [1.807, 2.05) is 68.4 Å². The van der Waals surface area contributed by atoms with Crippen LogP contribution in [0.1, 0.15) is 43.4 Å². The first-order chi connectivity index (χ1) is 10.1. The van der Waals surface area contributed by atoms with E-state index in [4.69, 9.17) is 0 Å². The van der Waals surface area contributed by atoms with Crippen molar-refractivity contribution in [2.75, 3.05) is 0 Å². The molecule has 0 aliphatic heterocycles. The zero-order chi connectivity index (χ0) is 15.2. The highest BCUT2D eigenvalue weighted by Crippen LogP contribution is 2.22. The molecule has 0 heterocycles. The molecule has 3 heteroatoms. The number of hydrogen-bond acceptors (Lipinski definition) is 1. The minimum Gasteiger partial charge on any atom is -0.349 e. The van der Waals surface area contributed by atoms with Crippen LogP contribution in [0.25, 0.3) is 0 Å². The van der Waals surface area contributed by atoms with Crippen molar-refractivity contribution in [2.24, 2.45) is 0 Å². The lowest BCUT2D eigenvalue weighted by Crippen LogP contribution is -2.31. The number of benzene rings is 2. The molecule has 0 fully saturated rings. The molecule has 110 valence electrons. The molecule has 0 saturated carbocycles. The molecular formula is C18H20BrNO. The van der Waals surface area contributed by atoms with Crippen molar-refractivity contribution in [3.8, 4) is 0 Å². The van der Waals surface area contributed by atoms with E-state index in [2.05, 4.69) is 21.2 Å². The molecule has 2 atom stereocenters. The maximum absolute atomic E-state index is 12.5. The molecule has 1 N–H and O–H groups in total. The summed E-state index contributed by atoms with van der Waals surface area (Å²) in [5.41, 5.74) is 2.17. The van der Waals surface area contributed by atoms with Crippen molar-refractivity contribution in [2.45, 2.75) is 32.2 Å². The van der Waals surface area contributed by atoms with Crippen molar-refractivity contribution < 1.29 is 4.79 Å². The lowest BCUT2D eigenvalue weighted by atomic mass is 9.95. The van der Waals surface area contributed by atoms with Crippen LogP contribution in [0.5, 0.6) is 0 Å². The van der Waals surface area contributed by atoms with Crippen molar-refractivity contribution in [1.29, 1.82) is 0 Å². The zero-order valence-electron chi connectivity index (χ0n) is 12.3. The molecular weight excluding hydrogens is 326 g/mol. The van der Waals surface area contributed by atoms with E-state index in [0.29, 0.717) is 0 Å². The summed E-state index contributed by atoms with van der Waals surface area (Å²) in [7, 11) is 0. The van der Waals surface area contributed by atoms with Gasteiger partial charge in [-0.3, -0.25) is 4.79 Å². The minimum atomic E-state index is -0.0965. The number of nitrogens with one attached hydrogen (secondary N) is 1. The van der Waals surface area contributed by atoms with Gasteiger partial charge in [0.05, 0.1) is 12.0 Å². The van der Waals surface area contributed by atoms with Crippen LogP contribution in [0, 0.1) is 0 Å². The van der Waals surface area contributed by atoms with Gasteiger partial charge in [-0.15, -0.1) is 0 Å². The molecule has 0 bridgehead atoms. The normalized spacial score (nSPS) is 13.5. The van der Waals surface area contributed by atoms with Crippen molar-refractivity contribution in [3.05, 3.63) is 70.2 Å². The maximum Gasteiger partial charge on any atom is 0.228 e. The molecule has 0 saturated heterocycles. The highest BCUT2D eigenvalue weighted by Gasteiger charge is 2.20. The molecule has 2 aromatic rings. The molecule has 2 nitrogen and oxygen atoms in total. The van der Waals surface area contributed by atoms with Gasteiger partial charge in [-0.25, -0.2) is 0 Å². The Morgan fingerprint density at radius 2 is 1.76 bits per heavy atom. The fraction of sp³-hybridized carbons (Fsp3) is 0.278. The van der Waals surface area contributed by atoms with Crippen LogP contribution < -0.4 is 5.32 Å². The van der Waals surface area contributed by atoms with Gasteiger partial charge in [-0.1, -0.05) is 65.3 Å². The van der Waals surface area contributed by atoms with Crippen LogP contribution in [-0.4, -0.2) is 5.91 Å². The molecule has 1 amide bonds. The van der Waals surface area contributed by atoms with E-state index < -0.39 is 0 Å². The lowest BCUT2D eigenvalue weighted by molar-refractivity contribution is -0.123. The van der Waals surface area contributed by atoms with Crippen LogP contribution in [-0.2, 0) is 4.79 Å². The second-order valence-corrected chi connectivity index (χ2v) is 6.07. The molecule has 0 unspecified atom stereocenters. The predicted molar refractivity (Wildman–Crippen MR) is 90.2 cm³/mol. The Morgan fingerprint density at radius 3 is 2.38 bits per heavy atom. The zero-order valence-corrected chi connectivity index (χ0v) is 13.9. The second-order valence-electron chi connectivity index (χ2n) is 5.16. The monoisotopic (exact) mass is 345 g/mol. The average Bonchev–Trinajstić information content (AvgIpc) is 2.49. The number of halogens is 1. The fourth-order valence-electron chi connectivity index (χ4n) is 2.43. The molecule has 0 spiro atoms. The van der Waals surface area contributed by atoms with Crippen molar-refractivity contribution in [1.82, 2.24) is 5.32 Å². The highest BCUT2D eigenvalue weighted by molar-refractivity contribution is 9.10. The van der Waals surface area contributed by atoms with Crippen molar-refractivity contribution >= 4 is 21.8 Å². The summed E-state index contributed by atoms with van der Waals surface area (Å²) in [4.78, 5) is 12.5. The Hall–Kier alpha value is -1.61.